The molecule has 1 atom stereocenters. The molecule has 1 saturated heterocycles. The summed E-state index contributed by atoms with van der Waals surface area (Å²) in [4.78, 5) is 5.03. The molecule has 1 heterocycles. The lowest BCUT2D eigenvalue weighted by Gasteiger charge is -2.32. The minimum Gasteiger partial charge on any atom is -0.304 e. The van der Waals surface area contributed by atoms with E-state index in [2.05, 4.69) is 49.4 Å². The highest BCUT2D eigenvalue weighted by Crippen LogP contribution is 2.19. The van der Waals surface area contributed by atoms with E-state index in [0.717, 1.165) is 11.2 Å². The van der Waals surface area contributed by atoms with Gasteiger partial charge in [-0.2, -0.15) is 11.8 Å². The van der Waals surface area contributed by atoms with Crippen LogP contribution in [0, 0.1) is 5.92 Å². The molecular formula is C13H28N2S. The first kappa shape index (κ1) is 14.3. The number of hydrogen-bond acceptors (Lipinski definition) is 3. The Morgan fingerprint density at radius 3 is 2.25 bits per heavy atom. The van der Waals surface area contributed by atoms with Crippen molar-refractivity contribution in [2.24, 2.45) is 5.92 Å². The zero-order valence-electron chi connectivity index (χ0n) is 11.4. The number of rotatable bonds is 6. The first-order chi connectivity index (χ1) is 7.59. The monoisotopic (exact) mass is 244 g/mol. The summed E-state index contributed by atoms with van der Waals surface area (Å²) in [5.74, 6) is 2.14. The fourth-order valence-corrected chi connectivity index (χ4v) is 2.87. The first-order valence-corrected chi connectivity index (χ1v) is 7.67. The minimum atomic E-state index is 0.812. The van der Waals surface area contributed by atoms with Gasteiger partial charge >= 0.3 is 0 Å². The van der Waals surface area contributed by atoms with Crippen molar-refractivity contribution in [2.75, 3.05) is 45.5 Å². The Morgan fingerprint density at radius 2 is 1.69 bits per heavy atom. The molecule has 2 nitrogen and oxygen atoms in total. The van der Waals surface area contributed by atoms with Gasteiger partial charge in [-0.15, -0.1) is 0 Å². The molecular weight excluding hydrogens is 216 g/mol. The first-order valence-electron chi connectivity index (χ1n) is 6.62. The fraction of sp³-hybridized carbons (Fsp3) is 1.00. The number of thioether (sulfide) groups is 1. The van der Waals surface area contributed by atoms with E-state index in [0.29, 0.717) is 0 Å². The summed E-state index contributed by atoms with van der Waals surface area (Å²) >= 11 is 2.14. The van der Waals surface area contributed by atoms with Crippen LogP contribution in [0.15, 0.2) is 0 Å². The molecule has 1 aliphatic heterocycles. The van der Waals surface area contributed by atoms with Crippen LogP contribution in [0.3, 0.4) is 0 Å². The molecule has 0 aliphatic carbocycles. The second-order valence-corrected chi connectivity index (χ2v) is 6.80. The highest BCUT2D eigenvalue weighted by atomic mass is 32.2. The van der Waals surface area contributed by atoms with Crippen LogP contribution in [0.2, 0.25) is 0 Å². The quantitative estimate of drug-likeness (QED) is 0.663. The van der Waals surface area contributed by atoms with Crippen molar-refractivity contribution in [3.8, 4) is 0 Å². The highest BCUT2D eigenvalue weighted by molar-refractivity contribution is 7.99. The van der Waals surface area contributed by atoms with Crippen molar-refractivity contribution in [2.45, 2.75) is 32.4 Å². The Hall–Kier alpha value is 0.270. The van der Waals surface area contributed by atoms with Gasteiger partial charge in [-0.25, -0.2) is 0 Å². The summed E-state index contributed by atoms with van der Waals surface area (Å²) in [6.07, 6.45) is 1.35. The van der Waals surface area contributed by atoms with E-state index in [1.165, 1.54) is 44.9 Å². The molecule has 1 unspecified atom stereocenters. The van der Waals surface area contributed by atoms with Crippen molar-refractivity contribution >= 4 is 11.8 Å². The van der Waals surface area contributed by atoms with Gasteiger partial charge < -0.3 is 9.80 Å². The Balaban J connectivity index is 1.99. The largest absolute Gasteiger partial charge is 0.304 e. The van der Waals surface area contributed by atoms with E-state index in [9.17, 15) is 0 Å². The third-order valence-electron chi connectivity index (χ3n) is 3.53. The van der Waals surface area contributed by atoms with Gasteiger partial charge in [0, 0.05) is 31.4 Å². The molecule has 0 bridgehead atoms. The lowest BCUT2D eigenvalue weighted by atomic mass is 10.2. The number of nitrogens with zero attached hydrogens (tertiary/aromatic N) is 2. The van der Waals surface area contributed by atoms with Crippen LogP contribution in [-0.4, -0.2) is 60.6 Å². The van der Waals surface area contributed by atoms with Crippen LogP contribution in [0.4, 0.5) is 0 Å². The molecule has 96 valence electrons. The third kappa shape index (κ3) is 5.55. The molecule has 0 amide bonds. The smallest absolute Gasteiger partial charge is 0.0110 e. The normalized spacial score (nSPS) is 21.6. The maximum Gasteiger partial charge on any atom is 0.0110 e. The SMILES string of the molecule is CC(C)C(C)SCCCN1CCN(C)CC1. The zero-order chi connectivity index (χ0) is 12.0. The third-order valence-corrected chi connectivity index (χ3v) is 5.13. The van der Waals surface area contributed by atoms with Gasteiger partial charge in [0.1, 0.15) is 0 Å². The van der Waals surface area contributed by atoms with E-state index < -0.39 is 0 Å². The maximum absolute atomic E-state index is 2.61. The summed E-state index contributed by atoms with van der Waals surface area (Å²) < 4.78 is 0. The van der Waals surface area contributed by atoms with Crippen molar-refractivity contribution < 1.29 is 0 Å². The van der Waals surface area contributed by atoms with Crippen molar-refractivity contribution in [1.82, 2.24) is 9.80 Å². The lowest BCUT2D eigenvalue weighted by molar-refractivity contribution is 0.154. The Kier molecular flexibility index (Phi) is 6.78. The lowest BCUT2D eigenvalue weighted by Crippen LogP contribution is -2.44. The Bertz CT molecular complexity index is 177. The average molecular weight is 244 g/mol. The van der Waals surface area contributed by atoms with Gasteiger partial charge in [0.15, 0.2) is 0 Å². The second kappa shape index (κ2) is 7.57. The molecule has 3 heteroatoms. The van der Waals surface area contributed by atoms with Gasteiger partial charge in [-0.05, 0) is 31.7 Å². The van der Waals surface area contributed by atoms with Crippen LogP contribution in [0.25, 0.3) is 0 Å². The summed E-state index contributed by atoms with van der Waals surface area (Å²) in [6, 6.07) is 0. The second-order valence-electron chi connectivity index (χ2n) is 5.32. The standard InChI is InChI=1S/C13H28N2S/c1-12(2)13(3)16-11-5-6-15-9-7-14(4)8-10-15/h12-13H,5-11H2,1-4H3. The predicted molar refractivity (Wildman–Crippen MR) is 75.3 cm³/mol. The Labute approximate surface area is 106 Å². The Morgan fingerprint density at radius 1 is 1.06 bits per heavy atom. The molecule has 1 rings (SSSR count). The molecule has 0 aromatic rings. The number of hydrogen-bond donors (Lipinski definition) is 0. The topological polar surface area (TPSA) is 6.48 Å². The molecule has 0 N–H and O–H groups in total. The van der Waals surface area contributed by atoms with Gasteiger partial charge in [0.25, 0.3) is 0 Å². The van der Waals surface area contributed by atoms with E-state index in [4.69, 9.17) is 0 Å². The average Bonchev–Trinajstić information content (AvgIpc) is 2.26. The molecule has 16 heavy (non-hydrogen) atoms. The number of piperazine rings is 1. The molecule has 1 aliphatic rings. The summed E-state index contributed by atoms with van der Waals surface area (Å²) in [6.45, 7) is 13.3. The van der Waals surface area contributed by atoms with Crippen LogP contribution in [-0.2, 0) is 0 Å². The highest BCUT2D eigenvalue weighted by Gasteiger charge is 2.13. The van der Waals surface area contributed by atoms with Crippen molar-refractivity contribution in [3.63, 3.8) is 0 Å². The summed E-state index contributed by atoms with van der Waals surface area (Å²) in [7, 11) is 2.22. The van der Waals surface area contributed by atoms with Crippen molar-refractivity contribution in [3.05, 3.63) is 0 Å². The summed E-state index contributed by atoms with van der Waals surface area (Å²) in [5, 5.41) is 0.812. The zero-order valence-corrected chi connectivity index (χ0v) is 12.2. The predicted octanol–water partition coefficient (Wildman–Crippen LogP) is 2.40. The van der Waals surface area contributed by atoms with E-state index in [-0.39, 0.29) is 0 Å². The molecule has 1 fully saturated rings. The van der Waals surface area contributed by atoms with E-state index in [1.54, 1.807) is 0 Å². The van der Waals surface area contributed by atoms with Crippen LogP contribution in [0.5, 0.6) is 0 Å². The maximum atomic E-state index is 2.61. The van der Waals surface area contributed by atoms with Crippen LogP contribution in [0.1, 0.15) is 27.2 Å². The van der Waals surface area contributed by atoms with Crippen LogP contribution < -0.4 is 0 Å². The molecule has 0 saturated carbocycles. The van der Waals surface area contributed by atoms with Gasteiger partial charge in [0.05, 0.1) is 0 Å². The van der Waals surface area contributed by atoms with E-state index >= 15 is 0 Å². The summed E-state index contributed by atoms with van der Waals surface area (Å²) in [5.41, 5.74) is 0. The van der Waals surface area contributed by atoms with E-state index in [1.807, 2.05) is 0 Å². The van der Waals surface area contributed by atoms with Gasteiger partial charge in [-0.3, -0.25) is 0 Å². The van der Waals surface area contributed by atoms with Crippen LogP contribution >= 0.6 is 11.8 Å². The van der Waals surface area contributed by atoms with Gasteiger partial charge in [0.2, 0.25) is 0 Å². The van der Waals surface area contributed by atoms with Crippen molar-refractivity contribution in [1.29, 1.82) is 0 Å². The van der Waals surface area contributed by atoms with Gasteiger partial charge in [-0.1, -0.05) is 20.8 Å². The molecule has 0 aromatic carbocycles. The minimum absolute atomic E-state index is 0.812. The molecule has 0 radical (unpaired) electrons. The molecule has 0 spiro atoms. The number of likely N-dealkylation sites (N-methyl/N-ethyl adjacent to an activating group) is 1. The molecule has 0 aromatic heterocycles. The fourth-order valence-electron chi connectivity index (χ4n) is 1.82.